The number of hydrogen-bond donors (Lipinski definition) is 1. The van der Waals surface area contributed by atoms with Gasteiger partial charge in [0.2, 0.25) is 10.0 Å². The van der Waals surface area contributed by atoms with Gasteiger partial charge in [0.05, 0.1) is 6.61 Å². The Morgan fingerprint density at radius 3 is 2.91 bits per heavy atom. The van der Waals surface area contributed by atoms with Crippen LogP contribution in [0.3, 0.4) is 0 Å². The number of ether oxygens (including phenoxy) is 1. The average Bonchev–Trinajstić information content (AvgIpc) is 2.93. The molecule has 0 bridgehead atoms. The van der Waals surface area contributed by atoms with E-state index in [9.17, 15) is 17.2 Å². The van der Waals surface area contributed by atoms with E-state index in [2.05, 4.69) is 9.62 Å². The van der Waals surface area contributed by atoms with E-state index in [1.807, 2.05) is 0 Å². The minimum atomic E-state index is -4.07. The van der Waals surface area contributed by atoms with Gasteiger partial charge in [-0.05, 0) is 37.6 Å². The first-order chi connectivity index (χ1) is 10.4. The Bertz CT molecular complexity index is 610. The van der Waals surface area contributed by atoms with E-state index in [0.717, 1.165) is 38.1 Å². The Morgan fingerprint density at radius 1 is 1.41 bits per heavy atom. The number of halogens is 2. The Balaban J connectivity index is 2.02. The third-order valence-electron chi connectivity index (χ3n) is 3.77. The van der Waals surface area contributed by atoms with Crippen molar-refractivity contribution in [1.82, 2.24) is 9.62 Å². The lowest BCUT2D eigenvalue weighted by Gasteiger charge is -2.24. The Kier molecular flexibility index (Phi) is 5.85. The molecule has 1 aliphatic heterocycles. The molecule has 22 heavy (non-hydrogen) atoms. The lowest BCUT2D eigenvalue weighted by Crippen LogP contribution is -2.41. The number of rotatable bonds is 7. The zero-order chi connectivity index (χ0) is 16.2. The van der Waals surface area contributed by atoms with Crippen LogP contribution in [0, 0.1) is 11.6 Å². The number of nitrogens with one attached hydrogen (secondary N) is 1. The second-order valence-corrected chi connectivity index (χ2v) is 6.99. The second kappa shape index (κ2) is 7.45. The van der Waals surface area contributed by atoms with Gasteiger partial charge in [-0.3, -0.25) is 4.90 Å². The predicted molar refractivity (Wildman–Crippen MR) is 78.0 cm³/mol. The van der Waals surface area contributed by atoms with Crippen molar-refractivity contribution in [1.29, 1.82) is 0 Å². The van der Waals surface area contributed by atoms with Crippen LogP contribution >= 0.6 is 0 Å². The summed E-state index contributed by atoms with van der Waals surface area (Å²) in [6, 6.07) is 2.43. The normalized spacial score (nSPS) is 19.7. The number of hydrogen-bond acceptors (Lipinski definition) is 4. The molecule has 124 valence electrons. The highest BCUT2D eigenvalue weighted by Gasteiger charge is 2.27. The molecule has 2 rings (SSSR count). The number of benzene rings is 1. The fourth-order valence-electron chi connectivity index (χ4n) is 2.60. The van der Waals surface area contributed by atoms with Crippen molar-refractivity contribution in [3.63, 3.8) is 0 Å². The summed E-state index contributed by atoms with van der Waals surface area (Å²) in [6.45, 7) is 2.34. The first-order valence-corrected chi connectivity index (χ1v) is 8.60. The van der Waals surface area contributed by atoms with E-state index in [0.29, 0.717) is 12.7 Å². The quantitative estimate of drug-likeness (QED) is 0.818. The maximum absolute atomic E-state index is 13.6. The summed E-state index contributed by atoms with van der Waals surface area (Å²) in [5, 5.41) is 0. The van der Waals surface area contributed by atoms with Crippen LogP contribution in [0.15, 0.2) is 23.1 Å². The summed E-state index contributed by atoms with van der Waals surface area (Å²) in [4.78, 5) is 1.47. The summed E-state index contributed by atoms with van der Waals surface area (Å²) < 4.78 is 58.4. The van der Waals surface area contributed by atoms with Crippen molar-refractivity contribution >= 4 is 10.0 Å². The summed E-state index contributed by atoms with van der Waals surface area (Å²) in [7, 11) is -2.46. The van der Waals surface area contributed by atoms with Gasteiger partial charge in [-0.1, -0.05) is 0 Å². The van der Waals surface area contributed by atoms with Crippen molar-refractivity contribution in [3.8, 4) is 0 Å². The van der Waals surface area contributed by atoms with Crippen LogP contribution in [0.5, 0.6) is 0 Å². The SMILES string of the molecule is COCCN1CCCC1CNS(=O)(=O)c1cc(F)ccc1F. The molecule has 0 aromatic heterocycles. The van der Waals surface area contributed by atoms with Crippen molar-refractivity contribution in [2.75, 3.05) is 33.4 Å². The Labute approximate surface area is 129 Å². The number of likely N-dealkylation sites (tertiary alicyclic amines) is 1. The summed E-state index contributed by atoms with van der Waals surface area (Å²) in [6.07, 6.45) is 1.84. The standard InChI is InChI=1S/C14H20F2N2O3S/c1-21-8-7-18-6-2-3-12(18)10-17-22(19,20)14-9-11(15)4-5-13(14)16/h4-5,9,12,17H,2-3,6-8,10H2,1H3. The van der Waals surface area contributed by atoms with Gasteiger partial charge in [-0.15, -0.1) is 0 Å². The van der Waals surface area contributed by atoms with Crippen molar-refractivity contribution in [2.24, 2.45) is 0 Å². The van der Waals surface area contributed by atoms with E-state index in [-0.39, 0.29) is 12.6 Å². The van der Waals surface area contributed by atoms with Gasteiger partial charge < -0.3 is 4.74 Å². The topological polar surface area (TPSA) is 58.6 Å². The smallest absolute Gasteiger partial charge is 0.243 e. The molecule has 1 N–H and O–H groups in total. The zero-order valence-corrected chi connectivity index (χ0v) is 13.2. The highest BCUT2D eigenvalue weighted by molar-refractivity contribution is 7.89. The molecule has 1 aliphatic rings. The largest absolute Gasteiger partial charge is 0.383 e. The third kappa shape index (κ3) is 4.22. The summed E-state index contributed by atoms with van der Waals surface area (Å²) in [5.41, 5.74) is 0. The molecule has 1 heterocycles. The third-order valence-corrected chi connectivity index (χ3v) is 5.21. The monoisotopic (exact) mass is 334 g/mol. The molecule has 0 saturated carbocycles. The van der Waals surface area contributed by atoms with E-state index >= 15 is 0 Å². The van der Waals surface area contributed by atoms with E-state index in [1.165, 1.54) is 0 Å². The molecule has 0 amide bonds. The fourth-order valence-corrected chi connectivity index (χ4v) is 3.76. The molecule has 1 fully saturated rings. The number of sulfonamides is 1. The van der Waals surface area contributed by atoms with Gasteiger partial charge in [0.25, 0.3) is 0 Å². The lowest BCUT2D eigenvalue weighted by atomic mass is 10.2. The van der Waals surface area contributed by atoms with Crippen molar-refractivity contribution in [2.45, 2.75) is 23.8 Å². The van der Waals surface area contributed by atoms with Crippen LogP contribution in [-0.2, 0) is 14.8 Å². The van der Waals surface area contributed by atoms with Crippen LogP contribution < -0.4 is 4.72 Å². The van der Waals surface area contributed by atoms with Crippen LogP contribution in [-0.4, -0.2) is 52.7 Å². The predicted octanol–water partition coefficient (Wildman–Crippen LogP) is 1.35. The van der Waals surface area contributed by atoms with Gasteiger partial charge in [0, 0.05) is 26.2 Å². The van der Waals surface area contributed by atoms with Crippen LogP contribution in [0.4, 0.5) is 8.78 Å². The molecule has 5 nitrogen and oxygen atoms in total. The molecule has 1 atom stereocenters. The van der Waals surface area contributed by atoms with Crippen molar-refractivity contribution in [3.05, 3.63) is 29.8 Å². The maximum Gasteiger partial charge on any atom is 0.243 e. The molecular formula is C14H20F2N2O3S. The van der Waals surface area contributed by atoms with Gasteiger partial charge in [-0.25, -0.2) is 21.9 Å². The molecule has 1 unspecified atom stereocenters. The van der Waals surface area contributed by atoms with Gasteiger partial charge in [-0.2, -0.15) is 0 Å². The van der Waals surface area contributed by atoms with Crippen LogP contribution in [0.2, 0.25) is 0 Å². The number of nitrogens with zero attached hydrogens (tertiary/aromatic N) is 1. The van der Waals surface area contributed by atoms with E-state index < -0.39 is 26.6 Å². The van der Waals surface area contributed by atoms with Crippen LogP contribution in [0.25, 0.3) is 0 Å². The average molecular weight is 334 g/mol. The molecule has 1 aromatic carbocycles. The summed E-state index contributed by atoms with van der Waals surface area (Å²) >= 11 is 0. The molecule has 0 spiro atoms. The first-order valence-electron chi connectivity index (χ1n) is 7.12. The second-order valence-electron chi connectivity index (χ2n) is 5.25. The summed E-state index contributed by atoms with van der Waals surface area (Å²) in [5.74, 6) is -1.75. The lowest BCUT2D eigenvalue weighted by molar-refractivity contribution is 0.141. The maximum atomic E-state index is 13.6. The van der Waals surface area contributed by atoms with Gasteiger partial charge in [0.1, 0.15) is 16.5 Å². The van der Waals surface area contributed by atoms with E-state index in [4.69, 9.17) is 4.74 Å². The highest BCUT2D eigenvalue weighted by Crippen LogP contribution is 2.19. The molecular weight excluding hydrogens is 314 g/mol. The molecule has 0 radical (unpaired) electrons. The molecule has 0 aliphatic carbocycles. The fraction of sp³-hybridized carbons (Fsp3) is 0.571. The molecule has 1 aromatic rings. The number of methoxy groups -OCH3 is 1. The Morgan fingerprint density at radius 2 is 2.18 bits per heavy atom. The minimum Gasteiger partial charge on any atom is -0.383 e. The van der Waals surface area contributed by atoms with Crippen LogP contribution in [0.1, 0.15) is 12.8 Å². The van der Waals surface area contributed by atoms with Gasteiger partial charge in [0.15, 0.2) is 0 Å². The van der Waals surface area contributed by atoms with Gasteiger partial charge >= 0.3 is 0 Å². The zero-order valence-electron chi connectivity index (χ0n) is 12.4. The minimum absolute atomic E-state index is 0.0431. The Hall–Kier alpha value is -1.09. The van der Waals surface area contributed by atoms with E-state index in [1.54, 1.807) is 7.11 Å². The molecule has 8 heteroatoms. The molecule has 1 saturated heterocycles. The highest BCUT2D eigenvalue weighted by atomic mass is 32.2. The van der Waals surface area contributed by atoms with Crippen molar-refractivity contribution < 1.29 is 21.9 Å². The first kappa shape index (κ1) is 17.3.